The highest BCUT2D eigenvalue weighted by Crippen LogP contribution is 2.26. The first-order chi connectivity index (χ1) is 8.29. The molecule has 0 aliphatic rings. The van der Waals surface area contributed by atoms with Gasteiger partial charge in [0.05, 0.1) is 5.02 Å². The van der Waals surface area contributed by atoms with Crippen LogP contribution in [-0.4, -0.2) is 11.3 Å². The summed E-state index contributed by atoms with van der Waals surface area (Å²) in [4.78, 5) is 15.6. The molecule has 0 aliphatic heterocycles. The van der Waals surface area contributed by atoms with Crippen LogP contribution in [0.5, 0.6) is 0 Å². The summed E-state index contributed by atoms with van der Waals surface area (Å²) in [5.74, 6) is 0.768. The summed E-state index contributed by atoms with van der Waals surface area (Å²) in [6.07, 6.45) is 4.21. The summed E-state index contributed by atoms with van der Waals surface area (Å²) in [5, 5.41) is 0.673. The van der Waals surface area contributed by atoms with Gasteiger partial charge in [-0.1, -0.05) is 23.7 Å². The van der Waals surface area contributed by atoms with E-state index >= 15 is 0 Å². The molecule has 0 fully saturated rings. The Morgan fingerprint density at radius 3 is 3.00 bits per heavy atom. The van der Waals surface area contributed by atoms with Crippen LogP contribution in [0.1, 0.15) is 15.9 Å². The van der Waals surface area contributed by atoms with E-state index in [9.17, 15) is 4.79 Å². The van der Waals surface area contributed by atoms with Gasteiger partial charge in [0.15, 0.2) is 0 Å². The van der Waals surface area contributed by atoms with Gasteiger partial charge < -0.3 is 0 Å². The van der Waals surface area contributed by atoms with Crippen LogP contribution in [0.15, 0.2) is 47.6 Å². The molecule has 1 aromatic carbocycles. The molecule has 1 heterocycles. The first-order valence-electron chi connectivity index (χ1n) is 5.06. The van der Waals surface area contributed by atoms with Crippen molar-refractivity contribution < 1.29 is 4.79 Å². The quantitative estimate of drug-likeness (QED) is 0.620. The van der Waals surface area contributed by atoms with Gasteiger partial charge in [0, 0.05) is 28.6 Å². The van der Waals surface area contributed by atoms with Crippen molar-refractivity contribution in [3.63, 3.8) is 0 Å². The van der Waals surface area contributed by atoms with Gasteiger partial charge in [-0.05, 0) is 23.8 Å². The number of hydrogen-bond donors (Lipinski definition) is 0. The van der Waals surface area contributed by atoms with E-state index in [1.165, 1.54) is 0 Å². The van der Waals surface area contributed by atoms with Crippen molar-refractivity contribution in [3.8, 4) is 0 Å². The Morgan fingerprint density at radius 2 is 2.24 bits per heavy atom. The monoisotopic (exact) mass is 263 g/mol. The van der Waals surface area contributed by atoms with Crippen LogP contribution in [-0.2, 0) is 5.75 Å². The lowest BCUT2D eigenvalue weighted by Gasteiger charge is -2.04. The van der Waals surface area contributed by atoms with E-state index in [1.54, 1.807) is 30.2 Å². The van der Waals surface area contributed by atoms with Gasteiger partial charge >= 0.3 is 0 Å². The van der Waals surface area contributed by atoms with E-state index in [2.05, 4.69) is 4.98 Å². The molecule has 0 amide bonds. The highest BCUT2D eigenvalue weighted by atomic mass is 35.5. The summed E-state index contributed by atoms with van der Waals surface area (Å²) < 4.78 is 0. The third-order valence-corrected chi connectivity index (χ3v) is 3.63. The second-order valence-corrected chi connectivity index (χ2v) is 4.90. The summed E-state index contributed by atoms with van der Waals surface area (Å²) >= 11 is 7.66. The van der Waals surface area contributed by atoms with Crippen LogP contribution in [0.25, 0.3) is 0 Å². The maximum Gasteiger partial charge on any atom is 0.150 e. The summed E-state index contributed by atoms with van der Waals surface area (Å²) in [5.41, 5.74) is 1.74. The van der Waals surface area contributed by atoms with Gasteiger partial charge in [0.1, 0.15) is 6.29 Å². The summed E-state index contributed by atoms with van der Waals surface area (Å²) in [6.45, 7) is 0. The average molecular weight is 264 g/mol. The number of aldehydes is 1. The van der Waals surface area contributed by atoms with E-state index < -0.39 is 0 Å². The second-order valence-electron chi connectivity index (χ2n) is 3.45. The van der Waals surface area contributed by atoms with E-state index in [-0.39, 0.29) is 0 Å². The van der Waals surface area contributed by atoms with Crippen molar-refractivity contribution in [2.24, 2.45) is 0 Å². The zero-order valence-corrected chi connectivity index (χ0v) is 10.5. The lowest BCUT2D eigenvalue weighted by molar-refractivity contribution is 0.112. The Labute approximate surface area is 109 Å². The molecule has 4 heteroatoms. The molecule has 0 atom stereocenters. The number of benzene rings is 1. The molecule has 0 bridgehead atoms. The van der Waals surface area contributed by atoms with Crippen LogP contribution in [0.2, 0.25) is 5.02 Å². The van der Waals surface area contributed by atoms with Crippen LogP contribution in [0.3, 0.4) is 0 Å². The predicted octanol–water partition coefficient (Wildman–Crippen LogP) is 3.84. The molecule has 0 N–H and O–H groups in total. The van der Waals surface area contributed by atoms with Crippen LogP contribution < -0.4 is 0 Å². The van der Waals surface area contributed by atoms with Gasteiger partial charge in [-0.3, -0.25) is 9.78 Å². The molecule has 86 valence electrons. The molecule has 1 aromatic heterocycles. The Kier molecular flexibility index (Phi) is 4.18. The van der Waals surface area contributed by atoms with Gasteiger partial charge in [-0.2, -0.15) is 0 Å². The highest BCUT2D eigenvalue weighted by molar-refractivity contribution is 7.98. The van der Waals surface area contributed by atoms with Crippen molar-refractivity contribution in [1.82, 2.24) is 4.98 Å². The number of pyridine rings is 1. The van der Waals surface area contributed by atoms with Crippen molar-refractivity contribution in [3.05, 3.63) is 58.9 Å². The topological polar surface area (TPSA) is 30.0 Å². The van der Waals surface area contributed by atoms with E-state index in [0.717, 1.165) is 22.5 Å². The van der Waals surface area contributed by atoms with E-state index in [1.807, 2.05) is 24.3 Å². The lowest BCUT2D eigenvalue weighted by atomic mass is 10.2. The molecule has 2 nitrogen and oxygen atoms in total. The van der Waals surface area contributed by atoms with Crippen LogP contribution in [0.4, 0.5) is 0 Å². The fourth-order valence-corrected chi connectivity index (χ4v) is 2.59. The largest absolute Gasteiger partial charge is 0.298 e. The number of hydrogen-bond acceptors (Lipinski definition) is 3. The second kappa shape index (κ2) is 5.84. The average Bonchev–Trinajstić information content (AvgIpc) is 2.38. The number of nitrogens with zero attached hydrogens (tertiary/aromatic N) is 1. The molecule has 17 heavy (non-hydrogen) atoms. The van der Waals surface area contributed by atoms with Gasteiger partial charge in [0.2, 0.25) is 0 Å². The standard InChI is InChI=1S/C13H10ClNOS/c14-13-7-15-5-4-11(13)9-17-12-3-1-2-10(6-12)8-16/h1-8H,9H2. The SMILES string of the molecule is O=Cc1cccc(SCc2ccncc2Cl)c1. The van der Waals surface area contributed by atoms with Gasteiger partial charge in [-0.25, -0.2) is 0 Å². The zero-order valence-electron chi connectivity index (χ0n) is 8.97. The van der Waals surface area contributed by atoms with Crippen LogP contribution in [0, 0.1) is 0 Å². The maximum atomic E-state index is 10.6. The highest BCUT2D eigenvalue weighted by Gasteiger charge is 2.01. The first kappa shape index (κ1) is 12.1. The van der Waals surface area contributed by atoms with Gasteiger partial charge in [-0.15, -0.1) is 11.8 Å². The molecular formula is C13H10ClNOS. The predicted molar refractivity (Wildman–Crippen MR) is 70.6 cm³/mol. The Balaban J connectivity index is 2.07. The molecule has 0 spiro atoms. The minimum absolute atomic E-state index is 0.673. The number of aromatic nitrogens is 1. The Morgan fingerprint density at radius 1 is 1.35 bits per heavy atom. The minimum atomic E-state index is 0.673. The minimum Gasteiger partial charge on any atom is -0.298 e. The Bertz CT molecular complexity index is 530. The van der Waals surface area contributed by atoms with Crippen molar-refractivity contribution in [1.29, 1.82) is 0 Å². The fraction of sp³-hybridized carbons (Fsp3) is 0.0769. The molecule has 0 unspecified atom stereocenters. The van der Waals surface area contributed by atoms with Gasteiger partial charge in [0.25, 0.3) is 0 Å². The normalized spacial score (nSPS) is 10.2. The number of rotatable bonds is 4. The molecule has 0 saturated carbocycles. The molecule has 2 aromatic rings. The molecular weight excluding hydrogens is 254 g/mol. The summed E-state index contributed by atoms with van der Waals surface area (Å²) in [7, 11) is 0. The lowest BCUT2D eigenvalue weighted by Crippen LogP contribution is -1.85. The number of thioether (sulfide) groups is 1. The summed E-state index contributed by atoms with van der Waals surface area (Å²) in [6, 6.07) is 9.41. The van der Waals surface area contributed by atoms with Crippen molar-refractivity contribution in [2.45, 2.75) is 10.6 Å². The first-order valence-corrected chi connectivity index (χ1v) is 6.42. The molecule has 0 radical (unpaired) electrons. The number of carbonyl (C=O) groups excluding carboxylic acids is 1. The van der Waals surface area contributed by atoms with Crippen molar-refractivity contribution in [2.75, 3.05) is 0 Å². The van der Waals surface area contributed by atoms with Crippen LogP contribution >= 0.6 is 23.4 Å². The van der Waals surface area contributed by atoms with Crippen molar-refractivity contribution >= 4 is 29.6 Å². The number of carbonyl (C=O) groups is 1. The molecule has 2 rings (SSSR count). The zero-order chi connectivity index (χ0) is 12.1. The molecule has 0 aliphatic carbocycles. The number of halogens is 1. The smallest absolute Gasteiger partial charge is 0.150 e. The Hall–Kier alpha value is -1.32. The third kappa shape index (κ3) is 3.32. The molecule has 0 saturated heterocycles. The fourth-order valence-electron chi connectivity index (χ4n) is 1.36. The maximum absolute atomic E-state index is 10.6. The van der Waals surface area contributed by atoms with E-state index in [4.69, 9.17) is 11.6 Å². The third-order valence-electron chi connectivity index (χ3n) is 2.24. The van der Waals surface area contributed by atoms with E-state index in [0.29, 0.717) is 10.6 Å².